The van der Waals surface area contributed by atoms with Gasteiger partial charge in [0.1, 0.15) is 10.7 Å². The first-order valence-electron chi connectivity index (χ1n) is 6.79. The van der Waals surface area contributed by atoms with Crippen molar-refractivity contribution >= 4 is 35.1 Å². The lowest BCUT2D eigenvalue weighted by Gasteiger charge is -1.98. The van der Waals surface area contributed by atoms with E-state index in [2.05, 4.69) is 10.2 Å². The number of thiophene rings is 1. The summed E-state index contributed by atoms with van der Waals surface area (Å²) in [5, 5.41) is 19.1. The van der Waals surface area contributed by atoms with E-state index in [9.17, 15) is 14.3 Å². The van der Waals surface area contributed by atoms with Crippen LogP contribution in [0, 0.1) is 12.7 Å². The average Bonchev–Trinajstić information content (AvgIpc) is 3.17. The molecule has 2 aromatic heterocycles. The summed E-state index contributed by atoms with van der Waals surface area (Å²) in [5.41, 5.74) is 1.56. The standard InChI is InChI=1S/C16H11FN2O3S2/c1-9-6-7-23-12(9)8-13(15(20)21)24-16-19-18-14(22-16)10-2-4-11(17)5-3-10/h2-8H,1H3,(H,20,21)/b13-8+. The summed E-state index contributed by atoms with van der Waals surface area (Å²) in [5.74, 6) is -1.24. The van der Waals surface area contributed by atoms with Gasteiger partial charge in [-0.05, 0) is 66.0 Å². The van der Waals surface area contributed by atoms with Crippen molar-refractivity contribution in [1.29, 1.82) is 0 Å². The lowest BCUT2D eigenvalue weighted by atomic mass is 10.2. The first-order valence-corrected chi connectivity index (χ1v) is 8.49. The van der Waals surface area contributed by atoms with Crippen molar-refractivity contribution in [3.05, 3.63) is 56.9 Å². The van der Waals surface area contributed by atoms with Gasteiger partial charge in [0.2, 0.25) is 5.89 Å². The Hall–Kier alpha value is -2.45. The van der Waals surface area contributed by atoms with Crippen molar-refractivity contribution in [1.82, 2.24) is 10.2 Å². The molecule has 0 unspecified atom stereocenters. The number of halogens is 1. The van der Waals surface area contributed by atoms with Crippen molar-refractivity contribution < 1.29 is 18.7 Å². The molecule has 0 atom stereocenters. The van der Waals surface area contributed by atoms with Gasteiger partial charge in [-0.15, -0.1) is 21.5 Å². The second-order valence-electron chi connectivity index (χ2n) is 4.76. The zero-order chi connectivity index (χ0) is 17.1. The Morgan fingerprint density at radius 2 is 2.04 bits per heavy atom. The average molecular weight is 362 g/mol. The van der Waals surface area contributed by atoms with Crippen LogP contribution in [0.3, 0.4) is 0 Å². The van der Waals surface area contributed by atoms with E-state index in [4.69, 9.17) is 4.42 Å². The number of carboxylic acids is 1. The highest BCUT2D eigenvalue weighted by molar-refractivity contribution is 8.03. The van der Waals surface area contributed by atoms with E-state index in [0.717, 1.165) is 22.2 Å². The summed E-state index contributed by atoms with van der Waals surface area (Å²) in [6.07, 6.45) is 1.58. The van der Waals surface area contributed by atoms with Crippen LogP contribution in [-0.2, 0) is 4.79 Å². The van der Waals surface area contributed by atoms with Gasteiger partial charge < -0.3 is 9.52 Å². The Kier molecular flexibility index (Phi) is 4.77. The van der Waals surface area contributed by atoms with E-state index >= 15 is 0 Å². The highest BCUT2D eigenvalue weighted by Crippen LogP contribution is 2.31. The zero-order valence-corrected chi connectivity index (χ0v) is 14.0. The van der Waals surface area contributed by atoms with E-state index in [1.807, 2.05) is 18.4 Å². The molecule has 0 aliphatic carbocycles. The van der Waals surface area contributed by atoms with Crippen LogP contribution < -0.4 is 0 Å². The summed E-state index contributed by atoms with van der Waals surface area (Å²) < 4.78 is 18.4. The molecular weight excluding hydrogens is 351 g/mol. The highest BCUT2D eigenvalue weighted by Gasteiger charge is 2.16. The second kappa shape index (κ2) is 6.98. The van der Waals surface area contributed by atoms with E-state index in [-0.39, 0.29) is 21.8 Å². The Morgan fingerprint density at radius 3 is 2.67 bits per heavy atom. The molecule has 0 amide bonds. The molecule has 0 bridgehead atoms. The van der Waals surface area contributed by atoms with Crippen LogP contribution in [0.2, 0.25) is 0 Å². The fourth-order valence-electron chi connectivity index (χ4n) is 1.84. The maximum atomic E-state index is 12.9. The van der Waals surface area contributed by atoms with Crippen LogP contribution in [0.15, 0.2) is 50.3 Å². The van der Waals surface area contributed by atoms with Gasteiger partial charge in [0.15, 0.2) is 0 Å². The third-order valence-corrected chi connectivity index (χ3v) is 4.89. The number of hydrogen-bond donors (Lipinski definition) is 1. The lowest BCUT2D eigenvalue weighted by molar-refractivity contribution is -0.131. The van der Waals surface area contributed by atoms with Crippen molar-refractivity contribution in [2.24, 2.45) is 0 Å². The van der Waals surface area contributed by atoms with Crippen molar-refractivity contribution in [2.45, 2.75) is 12.1 Å². The Bertz CT molecular complexity index is 900. The molecule has 0 fully saturated rings. The summed E-state index contributed by atoms with van der Waals surface area (Å²) in [4.78, 5) is 12.4. The van der Waals surface area contributed by atoms with Crippen LogP contribution >= 0.6 is 23.1 Å². The molecule has 0 spiro atoms. The van der Waals surface area contributed by atoms with Crippen molar-refractivity contribution in [2.75, 3.05) is 0 Å². The minimum atomic E-state index is -1.07. The number of hydrogen-bond acceptors (Lipinski definition) is 6. The van der Waals surface area contributed by atoms with Gasteiger partial charge in [-0.2, -0.15) is 0 Å². The molecule has 2 heterocycles. The fraction of sp³-hybridized carbons (Fsp3) is 0.0625. The summed E-state index contributed by atoms with van der Waals surface area (Å²) >= 11 is 2.33. The molecule has 5 nitrogen and oxygen atoms in total. The molecule has 1 N–H and O–H groups in total. The fourth-order valence-corrected chi connectivity index (χ4v) is 3.43. The lowest BCUT2D eigenvalue weighted by Crippen LogP contribution is -1.96. The van der Waals surface area contributed by atoms with Gasteiger partial charge in [-0.25, -0.2) is 9.18 Å². The summed E-state index contributed by atoms with van der Waals surface area (Å²) in [7, 11) is 0. The quantitative estimate of drug-likeness (QED) is 0.533. The van der Waals surface area contributed by atoms with Gasteiger partial charge in [-0.1, -0.05) is 0 Å². The van der Waals surface area contributed by atoms with E-state index in [1.165, 1.54) is 35.6 Å². The summed E-state index contributed by atoms with van der Waals surface area (Å²) in [6, 6.07) is 7.52. The highest BCUT2D eigenvalue weighted by atomic mass is 32.2. The molecule has 1 aromatic carbocycles. The van der Waals surface area contributed by atoms with Crippen LogP contribution in [0.25, 0.3) is 17.5 Å². The molecule has 0 saturated heterocycles. The SMILES string of the molecule is Cc1ccsc1/C=C(/Sc1nnc(-c2ccc(F)cc2)o1)C(=O)O. The van der Waals surface area contributed by atoms with Crippen molar-refractivity contribution in [3.63, 3.8) is 0 Å². The largest absolute Gasteiger partial charge is 0.477 e. The molecule has 24 heavy (non-hydrogen) atoms. The number of aryl methyl sites for hydroxylation is 1. The second-order valence-corrected chi connectivity index (χ2v) is 6.70. The van der Waals surface area contributed by atoms with E-state index in [1.54, 1.807) is 6.08 Å². The van der Waals surface area contributed by atoms with Crippen LogP contribution in [0.5, 0.6) is 0 Å². The van der Waals surface area contributed by atoms with E-state index in [0.29, 0.717) is 5.56 Å². The molecule has 0 saturated carbocycles. The first kappa shape index (κ1) is 16.4. The van der Waals surface area contributed by atoms with Gasteiger partial charge >= 0.3 is 5.97 Å². The van der Waals surface area contributed by atoms with Crippen molar-refractivity contribution in [3.8, 4) is 11.5 Å². The first-order chi connectivity index (χ1) is 11.5. The maximum Gasteiger partial charge on any atom is 0.342 e. The third-order valence-electron chi connectivity index (χ3n) is 3.07. The normalized spacial score (nSPS) is 11.7. The summed E-state index contributed by atoms with van der Waals surface area (Å²) in [6.45, 7) is 1.91. The molecule has 0 aliphatic rings. The molecule has 0 radical (unpaired) electrons. The molecule has 122 valence electrons. The predicted molar refractivity (Wildman–Crippen MR) is 90.2 cm³/mol. The maximum absolute atomic E-state index is 12.9. The number of carboxylic acid groups (broad SMARTS) is 1. The topological polar surface area (TPSA) is 76.2 Å². The van der Waals surface area contributed by atoms with Crippen LogP contribution in [0.4, 0.5) is 4.39 Å². The Morgan fingerprint density at radius 1 is 1.29 bits per heavy atom. The Labute approximate surface area is 144 Å². The number of nitrogens with zero attached hydrogens (tertiary/aromatic N) is 2. The number of rotatable bonds is 5. The molecule has 8 heteroatoms. The monoisotopic (exact) mass is 362 g/mol. The predicted octanol–water partition coefficient (Wildman–Crippen LogP) is 4.46. The van der Waals surface area contributed by atoms with E-state index < -0.39 is 5.97 Å². The van der Waals surface area contributed by atoms with Crippen LogP contribution in [0.1, 0.15) is 10.4 Å². The minimum absolute atomic E-state index is 0.0786. The van der Waals surface area contributed by atoms with Gasteiger partial charge in [0, 0.05) is 10.4 Å². The number of benzene rings is 1. The molecule has 0 aliphatic heterocycles. The van der Waals surface area contributed by atoms with Gasteiger partial charge in [0.05, 0.1) is 0 Å². The zero-order valence-electron chi connectivity index (χ0n) is 12.4. The van der Waals surface area contributed by atoms with Gasteiger partial charge in [0.25, 0.3) is 5.22 Å². The van der Waals surface area contributed by atoms with Crippen LogP contribution in [-0.4, -0.2) is 21.3 Å². The molecular formula is C16H11FN2O3S2. The minimum Gasteiger partial charge on any atom is -0.477 e. The molecule has 3 aromatic rings. The third kappa shape index (κ3) is 3.72. The number of aromatic nitrogens is 2. The number of thioether (sulfide) groups is 1. The number of aliphatic carboxylic acids is 1. The molecule has 3 rings (SSSR count). The Balaban J connectivity index is 1.84. The van der Waals surface area contributed by atoms with Gasteiger partial charge in [-0.3, -0.25) is 0 Å². The number of carbonyl (C=O) groups is 1. The smallest absolute Gasteiger partial charge is 0.342 e.